The molecule has 0 fully saturated rings. The second-order valence-electron chi connectivity index (χ2n) is 11.8. The van der Waals surface area contributed by atoms with Gasteiger partial charge in [0.05, 0.1) is 48.4 Å². The number of ether oxygens (including phenoxy) is 2. The molecular weight excluding hydrogens is 888 g/mol. The lowest BCUT2D eigenvalue weighted by Crippen LogP contribution is -2.30. The maximum absolute atomic E-state index is 13.3. The normalized spacial score (nSPS) is 10.8. The molecule has 5 rings (SSSR count). The number of nitro benzene ring substituents is 3. The lowest BCUT2D eigenvalue weighted by Gasteiger charge is -2.08. The van der Waals surface area contributed by atoms with Gasteiger partial charge in [-0.1, -0.05) is 46.4 Å². The van der Waals surface area contributed by atoms with Gasteiger partial charge in [-0.25, -0.2) is 20.4 Å². The number of carbonyl (C=O) groups is 4. The van der Waals surface area contributed by atoms with Crippen LogP contribution in [0.3, 0.4) is 0 Å². The number of non-ortho nitro benzene ring substituents is 1. The van der Waals surface area contributed by atoms with E-state index in [0.29, 0.717) is 0 Å². The zero-order chi connectivity index (χ0) is 44.4. The van der Waals surface area contributed by atoms with Crippen molar-refractivity contribution in [1.29, 1.82) is 0 Å². The van der Waals surface area contributed by atoms with Crippen molar-refractivity contribution in [3.8, 4) is 11.5 Å². The van der Waals surface area contributed by atoms with Crippen molar-refractivity contribution in [1.82, 2.24) is 10.9 Å². The van der Waals surface area contributed by atoms with E-state index in [0.717, 1.165) is 54.9 Å². The molecule has 0 aromatic heterocycles. The Hall–Kier alpha value is -7.58. The molecule has 0 spiro atoms. The number of rotatable bonds is 14. The minimum atomic E-state index is -1.15. The molecule has 0 unspecified atom stereocenters. The third kappa shape index (κ3) is 11.8. The van der Waals surface area contributed by atoms with Crippen molar-refractivity contribution in [2.45, 2.75) is 0 Å². The lowest BCUT2D eigenvalue weighted by atomic mass is 10.1. The van der Waals surface area contributed by atoms with E-state index in [2.05, 4.69) is 21.1 Å². The number of nitrogens with zero attached hydrogens (tertiary/aromatic N) is 5. The predicted octanol–water partition coefficient (Wildman–Crippen LogP) is 8.15. The Morgan fingerprint density at radius 3 is 1.33 bits per heavy atom. The van der Waals surface area contributed by atoms with Crippen LogP contribution in [0.4, 0.5) is 17.1 Å². The van der Waals surface area contributed by atoms with Gasteiger partial charge in [-0.15, -0.1) is 0 Å². The number of nitrogens with one attached hydrogen (secondary N) is 2. The van der Waals surface area contributed by atoms with Gasteiger partial charge >= 0.3 is 23.3 Å². The molecule has 0 saturated carbocycles. The van der Waals surface area contributed by atoms with E-state index in [9.17, 15) is 49.5 Å². The van der Waals surface area contributed by atoms with E-state index in [-0.39, 0.29) is 53.6 Å². The first kappa shape index (κ1) is 44.5. The standard InChI is InChI=1S/C38H21Cl4N7O12/c39-23-5-9-26(29(41)16-23)37(52)60-33-11-3-21(14-31(33)48(56)57)18-43-45-35(50)28(13-20-1-7-25(8-2-20)47(54)55)36(51)46-44-19-22-4-12-34(32(15-22)49(58)59)61-38(53)27-10-6-24(40)17-30(27)42/h1-19H,(H,45,50)(H,46,51). The van der Waals surface area contributed by atoms with Gasteiger partial charge in [0.15, 0.2) is 0 Å². The topological polar surface area (TPSA) is 265 Å². The molecule has 0 heterocycles. The number of carbonyl (C=O) groups excluding carboxylic acids is 4. The number of hydrogen-bond acceptors (Lipinski definition) is 14. The van der Waals surface area contributed by atoms with Crippen LogP contribution in [0.2, 0.25) is 20.1 Å². The summed E-state index contributed by atoms with van der Waals surface area (Å²) in [5.41, 5.74) is 1.93. The van der Waals surface area contributed by atoms with Crippen molar-refractivity contribution in [3.05, 3.63) is 181 Å². The number of esters is 2. The Morgan fingerprint density at radius 1 is 0.541 bits per heavy atom. The van der Waals surface area contributed by atoms with Crippen LogP contribution in [0.25, 0.3) is 6.08 Å². The maximum Gasteiger partial charge on any atom is 0.345 e. The summed E-state index contributed by atoms with van der Waals surface area (Å²) in [5, 5.41) is 42.6. The molecule has 0 bridgehead atoms. The SMILES string of the molecule is O=C(NN=Cc1ccc(OC(=O)c2ccc(Cl)cc2Cl)c([N+](=O)[O-])c1)C(=Cc1ccc([N+](=O)[O-])cc1)C(=O)NN=Cc1ccc(OC(=O)c2ccc(Cl)cc2Cl)c([N+](=O)[O-])c1. The highest BCUT2D eigenvalue weighted by Crippen LogP contribution is 2.31. The van der Waals surface area contributed by atoms with Crippen LogP contribution >= 0.6 is 46.4 Å². The molecule has 61 heavy (non-hydrogen) atoms. The van der Waals surface area contributed by atoms with E-state index in [1.165, 1.54) is 60.7 Å². The van der Waals surface area contributed by atoms with Crippen molar-refractivity contribution < 1.29 is 43.4 Å². The Labute approximate surface area is 361 Å². The second-order valence-corrected chi connectivity index (χ2v) is 13.5. The van der Waals surface area contributed by atoms with E-state index < -0.39 is 67.0 Å². The molecule has 0 saturated heterocycles. The number of amides is 2. The molecule has 23 heteroatoms. The molecular formula is C38H21Cl4N7O12. The van der Waals surface area contributed by atoms with Gasteiger partial charge in [0.25, 0.3) is 17.5 Å². The number of hydrogen-bond donors (Lipinski definition) is 2. The Bertz CT molecular complexity index is 2570. The zero-order valence-corrected chi connectivity index (χ0v) is 33.1. The Morgan fingerprint density at radius 2 is 0.951 bits per heavy atom. The minimum absolute atomic E-state index is 0.0370. The monoisotopic (exact) mass is 907 g/mol. The van der Waals surface area contributed by atoms with Crippen molar-refractivity contribution >= 4 is 106 Å². The lowest BCUT2D eigenvalue weighted by molar-refractivity contribution is -0.385. The molecule has 2 N–H and O–H groups in total. The number of benzene rings is 5. The average Bonchev–Trinajstić information content (AvgIpc) is 3.20. The highest BCUT2D eigenvalue weighted by atomic mass is 35.5. The van der Waals surface area contributed by atoms with Crippen LogP contribution < -0.4 is 20.3 Å². The summed E-state index contributed by atoms with van der Waals surface area (Å²) in [6, 6.07) is 19.3. The summed E-state index contributed by atoms with van der Waals surface area (Å²) in [5.74, 6) is -5.20. The smallest absolute Gasteiger partial charge is 0.345 e. The van der Waals surface area contributed by atoms with E-state index in [1.54, 1.807) is 0 Å². The van der Waals surface area contributed by atoms with Crippen molar-refractivity contribution in [2.24, 2.45) is 10.2 Å². The molecule has 0 atom stereocenters. The van der Waals surface area contributed by atoms with Crippen LogP contribution in [0.1, 0.15) is 37.4 Å². The minimum Gasteiger partial charge on any atom is -0.416 e. The number of halogens is 4. The third-order valence-electron chi connectivity index (χ3n) is 7.73. The molecule has 19 nitrogen and oxygen atoms in total. The molecule has 0 aliphatic heterocycles. The first-order valence-corrected chi connectivity index (χ1v) is 18.1. The van der Waals surface area contributed by atoms with Gasteiger partial charge in [0.2, 0.25) is 11.5 Å². The van der Waals surface area contributed by atoms with Gasteiger partial charge in [-0.3, -0.25) is 39.9 Å². The van der Waals surface area contributed by atoms with E-state index in [4.69, 9.17) is 55.9 Å². The molecule has 0 radical (unpaired) electrons. The highest BCUT2D eigenvalue weighted by Gasteiger charge is 2.24. The number of nitro groups is 3. The first-order chi connectivity index (χ1) is 29.0. The summed E-state index contributed by atoms with van der Waals surface area (Å²) in [7, 11) is 0. The largest absolute Gasteiger partial charge is 0.416 e. The fraction of sp³-hybridized carbons (Fsp3) is 0. The fourth-order valence-electron chi connectivity index (χ4n) is 4.85. The van der Waals surface area contributed by atoms with E-state index in [1.807, 2.05) is 0 Å². The van der Waals surface area contributed by atoms with Crippen LogP contribution in [0.15, 0.2) is 113 Å². The zero-order valence-electron chi connectivity index (χ0n) is 30.1. The second kappa shape index (κ2) is 19.9. The van der Waals surface area contributed by atoms with Crippen LogP contribution in [0.5, 0.6) is 11.5 Å². The van der Waals surface area contributed by atoms with E-state index >= 15 is 0 Å². The maximum atomic E-state index is 13.3. The van der Waals surface area contributed by atoms with Gasteiger partial charge in [-0.2, -0.15) is 10.2 Å². The number of hydrazone groups is 2. The summed E-state index contributed by atoms with van der Waals surface area (Å²) in [6.07, 6.45) is 3.00. The van der Waals surface area contributed by atoms with Crippen molar-refractivity contribution in [3.63, 3.8) is 0 Å². The predicted molar refractivity (Wildman–Crippen MR) is 222 cm³/mol. The van der Waals surface area contributed by atoms with Gasteiger partial charge in [0.1, 0.15) is 5.57 Å². The van der Waals surface area contributed by atoms with Gasteiger partial charge in [0, 0.05) is 45.4 Å². The van der Waals surface area contributed by atoms with Crippen molar-refractivity contribution in [2.75, 3.05) is 0 Å². The molecule has 2 amide bonds. The van der Waals surface area contributed by atoms with Crippen LogP contribution in [0, 0.1) is 30.3 Å². The average molecular weight is 909 g/mol. The summed E-state index contributed by atoms with van der Waals surface area (Å²) < 4.78 is 10.4. The molecule has 5 aromatic carbocycles. The Balaban J connectivity index is 1.33. The summed E-state index contributed by atoms with van der Waals surface area (Å²) in [6.45, 7) is 0. The quantitative estimate of drug-likeness (QED) is 0.0156. The van der Waals surface area contributed by atoms with Gasteiger partial charge in [-0.05, 0) is 84.4 Å². The highest BCUT2D eigenvalue weighted by molar-refractivity contribution is 6.37. The molecule has 0 aliphatic rings. The molecule has 0 aliphatic carbocycles. The molecule has 5 aromatic rings. The molecule has 308 valence electrons. The Kier molecular flexibility index (Phi) is 14.5. The van der Waals surface area contributed by atoms with Crippen LogP contribution in [-0.4, -0.2) is 51.0 Å². The van der Waals surface area contributed by atoms with Crippen LogP contribution in [-0.2, 0) is 9.59 Å². The summed E-state index contributed by atoms with van der Waals surface area (Å²) in [4.78, 5) is 84.3. The third-order valence-corrected chi connectivity index (χ3v) is 8.83. The van der Waals surface area contributed by atoms with Gasteiger partial charge < -0.3 is 9.47 Å². The fourth-order valence-corrected chi connectivity index (χ4v) is 5.82. The summed E-state index contributed by atoms with van der Waals surface area (Å²) >= 11 is 23.8. The first-order valence-electron chi connectivity index (χ1n) is 16.5.